The lowest BCUT2D eigenvalue weighted by atomic mass is 10.0. The number of fused-ring (bicyclic) bond motifs is 1. The van der Waals surface area contributed by atoms with Crippen LogP contribution in [0, 0.1) is 0 Å². The number of rotatable bonds is 2. The Morgan fingerprint density at radius 3 is 3.00 bits per heavy atom. The summed E-state index contributed by atoms with van der Waals surface area (Å²) in [5.74, 6) is 2.68. The highest BCUT2D eigenvalue weighted by molar-refractivity contribution is 7.99. The minimum atomic E-state index is 0.239. The molecule has 1 fully saturated rings. The lowest BCUT2D eigenvalue weighted by Gasteiger charge is -2.22. The highest BCUT2D eigenvalue weighted by Crippen LogP contribution is 2.34. The molecule has 0 aromatic carbocycles. The molecule has 1 aromatic heterocycles. The van der Waals surface area contributed by atoms with E-state index in [1.807, 2.05) is 11.8 Å². The zero-order chi connectivity index (χ0) is 11.8. The van der Waals surface area contributed by atoms with Crippen LogP contribution in [0.2, 0.25) is 0 Å². The largest absolute Gasteiger partial charge is 0.347 e. The van der Waals surface area contributed by atoms with Crippen LogP contribution < -0.4 is 4.90 Å². The average Bonchev–Trinajstić information content (AvgIpc) is 2.98. The summed E-state index contributed by atoms with van der Waals surface area (Å²) in [7, 11) is 2.12. The second-order valence-electron chi connectivity index (χ2n) is 4.67. The number of anilines is 1. The number of hydrogen-bond donors (Lipinski definition) is 0. The quantitative estimate of drug-likeness (QED) is 0.825. The van der Waals surface area contributed by atoms with Crippen molar-refractivity contribution >= 4 is 34.0 Å². The van der Waals surface area contributed by atoms with Gasteiger partial charge in [0.15, 0.2) is 10.9 Å². The third kappa shape index (κ3) is 2.10. The molecule has 1 aliphatic carbocycles. The van der Waals surface area contributed by atoms with Gasteiger partial charge in [0.2, 0.25) is 0 Å². The monoisotopic (exact) mass is 268 g/mol. The third-order valence-electron chi connectivity index (χ3n) is 3.51. The first-order valence-electron chi connectivity index (χ1n) is 6.09. The van der Waals surface area contributed by atoms with Gasteiger partial charge in [0.05, 0.1) is 0 Å². The van der Waals surface area contributed by atoms with Gasteiger partial charge in [-0.1, -0.05) is 0 Å². The number of aryl methyl sites for hydroxylation is 1. The van der Waals surface area contributed by atoms with Crippen molar-refractivity contribution < 1.29 is 4.79 Å². The zero-order valence-electron chi connectivity index (χ0n) is 9.94. The van der Waals surface area contributed by atoms with Crippen molar-refractivity contribution in [3.8, 4) is 0 Å². The summed E-state index contributed by atoms with van der Waals surface area (Å²) in [5.41, 5.74) is 0.758. The maximum absolute atomic E-state index is 11.8. The van der Waals surface area contributed by atoms with E-state index in [4.69, 9.17) is 0 Å². The maximum atomic E-state index is 11.8. The molecule has 1 aromatic rings. The number of thioether (sulfide) groups is 1. The van der Waals surface area contributed by atoms with Gasteiger partial charge in [0.25, 0.3) is 0 Å². The number of Topliss-reactive ketones (excluding diaryl/α,β-unsaturated/α-hetero) is 1. The molecule has 1 aliphatic heterocycles. The van der Waals surface area contributed by atoms with Gasteiger partial charge < -0.3 is 4.90 Å². The van der Waals surface area contributed by atoms with Gasteiger partial charge in [-0.05, 0) is 25.0 Å². The van der Waals surface area contributed by atoms with Crippen LogP contribution in [0.1, 0.15) is 34.6 Å². The van der Waals surface area contributed by atoms with Gasteiger partial charge in [-0.15, -0.1) is 11.3 Å². The Hall–Kier alpha value is -0.550. The molecule has 3 nitrogen and oxygen atoms in total. The Balaban J connectivity index is 1.86. The molecule has 0 N–H and O–H groups in total. The first-order chi connectivity index (χ1) is 8.25. The van der Waals surface area contributed by atoms with Gasteiger partial charge in [-0.3, -0.25) is 4.79 Å². The van der Waals surface area contributed by atoms with Crippen molar-refractivity contribution in [2.45, 2.75) is 31.7 Å². The summed E-state index contributed by atoms with van der Waals surface area (Å²) in [4.78, 5) is 19.8. The van der Waals surface area contributed by atoms with Crippen LogP contribution in [0.15, 0.2) is 0 Å². The number of nitrogens with zero attached hydrogens (tertiary/aromatic N) is 2. The van der Waals surface area contributed by atoms with Crippen LogP contribution >= 0.6 is 23.1 Å². The molecule has 1 saturated heterocycles. The zero-order valence-corrected chi connectivity index (χ0v) is 11.6. The summed E-state index contributed by atoms with van der Waals surface area (Å²) in [6, 6.07) is 0.600. The first kappa shape index (κ1) is 11.5. The molecule has 5 heteroatoms. The summed E-state index contributed by atoms with van der Waals surface area (Å²) in [6.07, 6.45) is 3.95. The first-order valence-corrected chi connectivity index (χ1v) is 8.06. The van der Waals surface area contributed by atoms with E-state index >= 15 is 0 Å². The van der Waals surface area contributed by atoms with E-state index in [9.17, 15) is 4.79 Å². The standard InChI is InChI=1S/C12H16N2OS2/c1-14(8-5-6-16-7-8)12-13-11-9(15)3-2-4-10(11)17-12/h8H,2-7H2,1H3. The molecule has 1 atom stereocenters. The third-order valence-corrected chi connectivity index (χ3v) is 5.86. The fraction of sp³-hybridized carbons (Fsp3) is 0.667. The molecular weight excluding hydrogens is 252 g/mol. The molecule has 0 saturated carbocycles. The molecule has 0 radical (unpaired) electrons. The van der Waals surface area contributed by atoms with Crippen molar-refractivity contribution in [2.24, 2.45) is 0 Å². The summed E-state index contributed by atoms with van der Waals surface area (Å²) in [6.45, 7) is 0. The van der Waals surface area contributed by atoms with Crippen LogP contribution in [0.4, 0.5) is 5.13 Å². The molecule has 0 amide bonds. The van der Waals surface area contributed by atoms with Crippen LogP contribution in [0.5, 0.6) is 0 Å². The van der Waals surface area contributed by atoms with E-state index in [-0.39, 0.29) is 5.78 Å². The number of hydrogen-bond acceptors (Lipinski definition) is 5. The molecule has 1 unspecified atom stereocenters. The molecule has 17 heavy (non-hydrogen) atoms. The SMILES string of the molecule is CN(c1nc2c(s1)CCCC2=O)C1CCSC1. The van der Waals surface area contributed by atoms with E-state index in [1.165, 1.54) is 22.8 Å². The van der Waals surface area contributed by atoms with Gasteiger partial charge in [0, 0.05) is 30.1 Å². The predicted molar refractivity (Wildman–Crippen MR) is 73.5 cm³/mol. The van der Waals surface area contributed by atoms with Gasteiger partial charge in [0.1, 0.15) is 5.69 Å². The van der Waals surface area contributed by atoms with Crippen molar-refractivity contribution in [1.29, 1.82) is 0 Å². The Labute approximate surface area is 110 Å². The smallest absolute Gasteiger partial charge is 0.186 e. The van der Waals surface area contributed by atoms with Crippen molar-refractivity contribution in [2.75, 3.05) is 23.5 Å². The van der Waals surface area contributed by atoms with Crippen LogP contribution in [0.3, 0.4) is 0 Å². The number of aromatic nitrogens is 1. The van der Waals surface area contributed by atoms with Crippen LogP contribution in [0.25, 0.3) is 0 Å². The van der Waals surface area contributed by atoms with Crippen LogP contribution in [-0.4, -0.2) is 35.4 Å². The van der Waals surface area contributed by atoms with E-state index < -0.39 is 0 Å². The fourth-order valence-corrected chi connectivity index (χ4v) is 4.81. The lowest BCUT2D eigenvalue weighted by Crippen LogP contribution is -2.31. The molecular formula is C12H16N2OS2. The van der Waals surface area contributed by atoms with E-state index in [1.54, 1.807) is 11.3 Å². The van der Waals surface area contributed by atoms with Gasteiger partial charge in [-0.2, -0.15) is 11.8 Å². The van der Waals surface area contributed by atoms with E-state index in [0.29, 0.717) is 12.5 Å². The number of carbonyl (C=O) groups excluding carboxylic acids is 1. The van der Waals surface area contributed by atoms with E-state index in [0.717, 1.165) is 23.7 Å². The van der Waals surface area contributed by atoms with Crippen molar-refractivity contribution in [3.05, 3.63) is 10.6 Å². The molecule has 2 heterocycles. The van der Waals surface area contributed by atoms with Crippen molar-refractivity contribution in [3.63, 3.8) is 0 Å². The Morgan fingerprint density at radius 1 is 1.41 bits per heavy atom. The number of ketones is 1. The highest BCUT2D eigenvalue weighted by Gasteiger charge is 2.27. The topological polar surface area (TPSA) is 33.2 Å². The van der Waals surface area contributed by atoms with Gasteiger partial charge in [-0.25, -0.2) is 4.98 Å². The summed E-state index contributed by atoms with van der Waals surface area (Å²) < 4.78 is 0. The van der Waals surface area contributed by atoms with Crippen LogP contribution in [-0.2, 0) is 6.42 Å². The summed E-state index contributed by atoms with van der Waals surface area (Å²) in [5, 5.41) is 1.04. The molecule has 0 spiro atoms. The predicted octanol–water partition coefficient (Wildman–Crippen LogP) is 2.60. The second kappa shape index (κ2) is 4.61. The molecule has 2 aliphatic rings. The van der Waals surface area contributed by atoms with E-state index in [2.05, 4.69) is 16.9 Å². The number of thiazole rings is 1. The lowest BCUT2D eigenvalue weighted by molar-refractivity contribution is 0.0968. The molecule has 92 valence electrons. The maximum Gasteiger partial charge on any atom is 0.186 e. The van der Waals surface area contributed by atoms with Gasteiger partial charge >= 0.3 is 0 Å². The molecule has 3 rings (SSSR count). The summed E-state index contributed by atoms with van der Waals surface area (Å²) >= 11 is 3.73. The number of carbonyl (C=O) groups is 1. The van der Waals surface area contributed by atoms with Crippen molar-refractivity contribution in [1.82, 2.24) is 4.98 Å². The second-order valence-corrected chi connectivity index (χ2v) is 6.89. The Bertz CT molecular complexity index is 438. The Kier molecular flexibility index (Phi) is 3.13. The fourth-order valence-electron chi connectivity index (χ4n) is 2.39. The average molecular weight is 268 g/mol. The Morgan fingerprint density at radius 2 is 2.29 bits per heavy atom. The minimum absolute atomic E-state index is 0.239. The minimum Gasteiger partial charge on any atom is -0.347 e. The normalized spacial score (nSPS) is 23.8. The molecule has 0 bridgehead atoms. The highest BCUT2D eigenvalue weighted by atomic mass is 32.2.